The largest absolute Gasteiger partial charge is 0.363 e. The molecule has 1 N–H and O–H groups in total. The molecule has 0 bridgehead atoms. The molecule has 9 nitrogen and oxygen atoms in total. The number of hydrogen-bond acceptors (Lipinski definition) is 6. The van der Waals surface area contributed by atoms with E-state index in [1.807, 2.05) is 6.92 Å². The molecule has 4 rings (SSSR count). The van der Waals surface area contributed by atoms with Gasteiger partial charge in [-0.1, -0.05) is 59.2 Å². The van der Waals surface area contributed by atoms with Crippen LogP contribution in [0.5, 0.6) is 5.75 Å². The summed E-state index contributed by atoms with van der Waals surface area (Å²) < 4.78 is 28.1. The number of carbonyl (C=O) groups is 2. The predicted molar refractivity (Wildman–Crippen MR) is 159 cm³/mol. The van der Waals surface area contributed by atoms with Crippen LogP contribution in [-0.4, -0.2) is 56.4 Å². The van der Waals surface area contributed by atoms with Gasteiger partial charge >= 0.3 is 0 Å². The van der Waals surface area contributed by atoms with E-state index in [4.69, 9.17) is 28.0 Å². The zero-order valence-corrected chi connectivity index (χ0v) is 25.0. The Balaban J connectivity index is 1.48. The van der Waals surface area contributed by atoms with Gasteiger partial charge in [0.2, 0.25) is 0 Å². The Hall–Kier alpha value is -3.31. The Morgan fingerprint density at radius 2 is 1.63 bits per heavy atom. The molecule has 0 aromatic heterocycles. The van der Waals surface area contributed by atoms with Crippen LogP contribution in [0.3, 0.4) is 0 Å². The van der Waals surface area contributed by atoms with Crippen molar-refractivity contribution in [2.45, 2.75) is 37.5 Å². The van der Waals surface area contributed by atoms with E-state index < -0.39 is 15.9 Å². The van der Waals surface area contributed by atoms with Crippen molar-refractivity contribution in [1.29, 1.82) is 0 Å². The van der Waals surface area contributed by atoms with Crippen LogP contribution in [0.2, 0.25) is 10.0 Å². The van der Waals surface area contributed by atoms with Crippen molar-refractivity contribution in [1.82, 2.24) is 15.3 Å². The van der Waals surface area contributed by atoms with Gasteiger partial charge in [-0.05, 0) is 73.9 Å². The molecule has 12 heteroatoms. The number of amides is 2. The highest BCUT2D eigenvalue weighted by molar-refractivity contribution is 7.92. The molecule has 1 aliphatic rings. The summed E-state index contributed by atoms with van der Waals surface area (Å²) in [6.45, 7) is 4.08. The highest BCUT2D eigenvalue weighted by atomic mass is 35.5. The average Bonchev–Trinajstić information content (AvgIpc) is 2.99. The summed E-state index contributed by atoms with van der Waals surface area (Å²) in [4.78, 5) is 31.4. The highest BCUT2D eigenvalue weighted by Crippen LogP contribution is 2.32. The van der Waals surface area contributed by atoms with E-state index in [2.05, 4.69) is 10.3 Å². The first-order chi connectivity index (χ1) is 19.7. The SMILES string of the molecule is CCCN(C(=O)CNC(=O)c1ccc(S(=O)(=O)N(Oc2ccc(Cl)cc2Cl)c2ccccc2)cc1)N1CCCCC1. The van der Waals surface area contributed by atoms with E-state index in [0.717, 1.165) is 43.2 Å². The predicted octanol–water partition coefficient (Wildman–Crippen LogP) is 5.55. The number of anilines is 1. The molecule has 0 spiro atoms. The average molecular weight is 620 g/mol. The number of benzene rings is 3. The fraction of sp³-hybridized carbons (Fsp3) is 0.310. The smallest absolute Gasteiger partial charge is 0.295 e. The monoisotopic (exact) mass is 618 g/mol. The minimum Gasteiger partial charge on any atom is -0.363 e. The van der Waals surface area contributed by atoms with Gasteiger partial charge < -0.3 is 10.2 Å². The molecule has 0 atom stereocenters. The standard InChI is InChI=1S/C29H32Cl2N4O5S/c1-2-17-34(33-18-7-4-8-19-33)28(36)21-32-29(37)22-11-14-25(15-12-22)41(38,39)35(24-9-5-3-6-10-24)40-27-16-13-23(30)20-26(27)31/h3,5-6,9-16,20H,2,4,7-8,17-19,21H2,1H3,(H,32,37). The third-order valence-electron chi connectivity index (χ3n) is 6.47. The van der Waals surface area contributed by atoms with E-state index in [1.165, 1.54) is 42.5 Å². The van der Waals surface area contributed by atoms with Gasteiger partial charge in [-0.3, -0.25) is 14.6 Å². The lowest BCUT2D eigenvalue weighted by molar-refractivity contribution is -0.149. The molecule has 0 radical (unpaired) electrons. The topological polar surface area (TPSA) is 99.3 Å². The molecule has 2 amide bonds. The maximum atomic E-state index is 13.7. The number of nitrogens with zero attached hydrogens (tertiary/aromatic N) is 3. The van der Waals surface area contributed by atoms with Gasteiger partial charge in [0.15, 0.2) is 5.75 Å². The summed E-state index contributed by atoms with van der Waals surface area (Å²) >= 11 is 12.2. The Labute approximate surface area is 250 Å². The lowest BCUT2D eigenvalue weighted by Gasteiger charge is -2.37. The number of hydrogen-bond donors (Lipinski definition) is 1. The van der Waals surface area contributed by atoms with Crippen molar-refractivity contribution in [2.24, 2.45) is 0 Å². The van der Waals surface area contributed by atoms with Crippen molar-refractivity contribution >= 4 is 50.7 Å². The van der Waals surface area contributed by atoms with Crippen LogP contribution in [0.15, 0.2) is 77.7 Å². The molecule has 0 saturated carbocycles. The zero-order valence-electron chi connectivity index (χ0n) is 22.6. The van der Waals surface area contributed by atoms with Gasteiger partial charge in [0.05, 0.1) is 22.2 Å². The van der Waals surface area contributed by atoms with Gasteiger partial charge in [0.25, 0.3) is 21.8 Å². The number of halogens is 2. The molecule has 41 heavy (non-hydrogen) atoms. The first-order valence-corrected chi connectivity index (χ1v) is 15.6. The maximum Gasteiger partial charge on any atom is 0.295 e. The summed E-state index contributed by atoms with van der Waals surface area (Å²) in [6.07, 6.45) is 4.03. The summed E-state index contributed by atoms with van der Waals surface area (Å²) in [5.41, 5.74) is 0.453. The molecule has 1 saturated heterocycles. The number of rotatable bonds is 11. The molecule has 1 heterocycles. The summed E-state index contributed by atoms with van der Waals surface area (Å²) in [5, 5.41) is 6.94. The zero-order chi connectivity index (χ0) is 29.4. The van der Waals surface area contributed by atoms with Crippen molar-refractivity contribution < 1.29 is 22.8 Å². The minimum atomic E-state index is -4.26. The van der Waals surface area contributed by atoms with E-state index in [1.54, 1.807) is 35.3 Å². The second-order valence-electron chi connectivity index (χ2n) is 9.47. The van der Waals surface area contributed by atoms with Crippen LogP contribution >= 0.6 is 23.2 Å². The summed E-state index contributed by atoms with van der Waals surface area (Å²) in [5.74, 6) is -0.579. The maximum absolute atomic E-state index is 13.7. The van der Waals surface area contributed by atoms with E-state index >= 15 is 0 Å². The fourth-order valence-corrected chi connectivity index (χ4v) is 6.10. The van der Waals surface area contributed by atoms with Crippen LogP contribution < -0.4 is 14.6 Å². The van der Waals surface area contributed by atoms with Crippen LogP contribution in [0, 0.1) is 0 Å². The van der Waals surface area contributed by atoms with E-state index in [9.17, 15) is 18.0 Å². The van der Waals surface area contributed by atoms with Crippen LogP contribution in [0.1, 0.15) is 43.0 Å². The Morgan fingerprint density at radius 1 is 0.951 bits per heavy atom. The number of sulfonamides is 1. The quantitative estimate of drug-likeness (QED) is 0.283. The van der Waals surface area contributed by atoms with Crippen LogP contribution in [-0.2, 0) is 14.8 Å². The van der Waals surface area contributed by atoms with Gasteiger partial charge in [-0.2, -0.15) is 8.42 Å². The molecule has 1 fully saturated rings. The first kappa shape index (κ1) is 30.6. The van der Waals surface area contributed by atoms with E-state index in [0.29, 0.717) is 11.6 Å². The lowest BCUT2D eigenvalue weighted by atomic mass is 10.1. The van der Waals surface area contributed by atoms with Crippen molar-refractivity contribution in [3.05, 3.63) is 88.4 Å². The number of hydrazine groups is 1. The third-order valence-corrected chi connectivity index (χ3v) is 8.59. The van der Waals surface area contributed by atoms with Gasteiger partial charge in [0, 0.05) is 30.2 Å². The van der Waals surface area contributed by atoms with Crippen molar-refractivity contribution in [3.63, 3.8) is 0 Å². The molecular weight excluding hydrogens is 587 g/mol. The molecular formula is C29H32Cl2N4O5S. The summed E-state index contributed by atoms with van der Waals surface area (Å²) in [6, 6.07) is 18.1. The summed E-state index contributed by atoms with van der Waals surface area (Å²) in [7, 11) is -4.26. The Morgan fingerprint density at radius 3 is 2.27 bits per heavy atom. The number of piperidine rings is 1. The minimum absolute atomic E-state index is 0.0887. The second-order valence-corrected chi connectivity index (χ2v) is 12.1. The van der Waals surface area contributed by atoms with Gasteiger partial charge in [-0.15, -0.1) is 0 Å². The molecule has 1 aliphatic heterocycles. The molecule has 0 unspecified atom stereocenters. The lowest BCUT2D eigenvalue weighted by Crippen LogP contribution is -2.52. The second kappa shape index (κ2) is 14.0. The third kappa shape index (κ3) is 7.71. The Kier molecular flexibility index (Phi) is 10.5. The first-order valence-electron chi connectivity index (χ1n) is 13.4. The van der Waals surface area contributed by atoms with Gasteiger partial charge in [-0.25, -0.2) is 5.01 Å². The molecule has 3 aromatic carbocycles. The molecule has 218 valence electrons. The van der Waals surface area contributed by atoms with Crippen molar-refractivity contribution in [2.75, 3.05) is 30.6 Å². The molecule has 0 aliphatic carbocycles. The van der Waals surface area contributed by atoms with Crippen molar-refractivity contribution in [3.8, 4) is 5.75 Å². The highest BCUT2D eigenvalue weighted by Gasteiger charge is 2.29. The fourth-order valence-electron chi connectivity index (χ4n) is 4.41. The van der Waals surface area contributed by atoms with Crippen LogP contribution in [0.4, 0.5) is 5.69 Å². The van der Waals surface area contributed by atoms with E-state index in [-0.39, 0.29) is 39.4 Å². The Bertz CT molecular complexity index is 1450. The molecule has 3 aromatic rings. The van der Waals surface area contributed by atoms with Crippen LogP contribution in [0.25, 0.3) is 0 Å². The normalized spacial score (nSPS) is 13.8. The number of carbonyl (C=O) groups excluding carboxylic acids is 2. The number of para-hydroxylation sites is 1. The number of nitrogens with one attached hydrogen (secondary N) is 1. The van der Waals surface area contributed by atoms with Gasteiger partial charge in [0.1, 0.15) is 0 Å².